The highest BCUT2D eigenvalue weighted by Gasteiger charge is 2.52. The minimum absolute atomic E-state index is 0.0397. The van der Waals surface area contributed by atoms with Crippen molar-refractivity contribution >= 4 is 41.3 Å². The Hall–Kier alpha value is -2.83. The molecule has 2 N–H and O–H groups in total. The third-order valence-electron chi connectivity index (χ3n) is 6.45. The average molecular weight is 591 g/mol. The predicted octanol–water partition coefficient (Wildman–Crippen LogP) is 3.68. The first kappa shape index (κ1) is 26.4. The maximum atomic E-state index is 12.4. The van der Waals surface area contributed by atoms with Gasteiger partial charge in [0.2, 0.25) is 5.88 Å². The first-order valence-corrected chi connectivity index (χ1v) is 15.1. The number of fused-ring (bicyclic) bond motifs is 2. The molecule has 11 nitrogen and oxygen atoms in total. The van der Waals surface area contributed by atoms with Crippen molar-refractivity contribution in [2.75, 3.05) is 13.2 Å². The molecule has 2 saturated heterocycles. The number of aromatic amines is 1. The van der Waals surface area contributed by atoms with Gasteiger partial charge in [0, 0.05) is 18.2 Å². The monoisotopic (exact) mass is 590 g/mol. The quantitative estimate of drug-likeness (QED) is 0.307. The number of benzene rings is 2. The number of ether oxygens (including phenoxy) is 2. The van der Waals surface area contributed by atoms with Crippen LogP contribution < -0.4 is 15.0 Å². The molecule has 6 rings (SSSR count). The minimum atomic E-state index is -3.28. The lowest BCUT2D eigenvalue weighted by Crippen LogP contribution is -2.39. The number of rotatable bonds is 7. The molecule has 2 aliphatic rings. The molecule has 2 fully saturated rings. The van der Waals surface area contributed by atoms with E-state index in [0.717, 1.165) is 5.56 Å². The molecule has 204 valence electrons. The van der Waals surface area contributed by atoms with Crippen molar-refractivity contribution in [1.82, 2.24) is 19.5 Å². The summed E-state index contributed by atoms with van der Waals surface area (Å²) in [5.41, 5.74) is 2.26. The Labute approximate surface area is 232 Å². The largest absolute Gasteiger partial charge is 0.476 e. The molecule has 39 heavy (non-hydrogen) atoms. The fourth-order valence-electron chi connectivity index (χ4n) is 4.47. The van der Waals surface area contributed by atoms with E-state index in [2.05, 4.69) is 15.0 Å². The number of aryl methyl sites for hydroxylation is 1. The third-order valence-corrected chi connectivity index (χ3v) is 8.95. The van der Waals surface area contributed by atoms with Crippen molar-refractivity contribution < 1.29 is 28.2 Å². The average Bonchev–Trinajstić information content (AvgIpc) is 3.47. The number of H-pyrrole nitrogens is 1. The Morgan fingerprint density at radius 2 is 2.05 bits per heavy atom. The van der Waals surface area contributed by atoms with Gasteiger partial charge in [0.1, 0.15) is 29.7 Å². The van der Waals surface area contributed by atoms with E-state index < -0.39 is 36.9 Å². The van der Waals surface area contributed by atoms with Crippen molar-refractivity contribution in [2.45, 2.75) is 37.9 Å². The van der Waals surface area contributed by atoms with E-state index in [1.165, 1.54) is 16.5 Å². The Bertz CT molecular complexity index is 1610. The van der Waals surface area contributed by atoms with Gasteiger partial charge in [-0.2, -0.15) is 4.98 Å². The van der Waals surface area contributed by atoms with Crippen LogP contribution in [0.25, 0.3) is 11.2 Å². The molecule has 0 saturated carbocycles. The van der Waals surface area contributed by atoms with Gasteiger partial charge in [-0.05, 0) is 24.6 Å². The number of aliphatic hydroxyl groups excluding tert-OH is 1. The van der Waals surface area contributed by atoms with Crippen LogP contribution in [0.1, 0.15) is 17.4 Å². The summed E-state index contributed by atoms with van der Waals surface area (Å²) in [6.45, 7) is -0.917. The Morgan fingerprint density at radius 1 is 1.26 bits per heavy atom. The summed E-state index contributed by atoms with van der Waals surface area (Å²) in [6, 6.07) is 14.9. The third kappa shape index (κ3) is 5.33. The maximum absolute atomic E-state index is 12.4. The van der Waals surface area contributed by atoms with E-state index in [-0.39, 0.29) is 18.1 Å². The molecule has 2 aliphatic heterocycles. The lowest BCUT2D eigenvalue weighted by atomic mass is 10.1. The fraction of sp³-hybridized carbons (Fsp3) is 0.320. The zero-order chi connectivity index (χ0) is 27.1. The second-order valence-electron chi connectivity index (χ2n) is 9.17. The molecule has 2 aromatic carbocycles. The maximum Gasteiger partial charge on any atom is 0.381 e. The summed E-state index contributed by atoms with van der Waals surface area (Å²) in [5.74, 6) is 0.416. The predicted molar refractivity (Wildman–Crippen MR) is 146 cm³/mol. The van der Waals surface area contributed by atoms with Gasteiger partial charge in [-0.3, -0.25) is 18.6 Å². The van der Waals surface area contributed by atoms with Crippen LogP contribution in [0, 0.1) is 6.92 Å². The number of para-hydroxylation sites is 1. The normalized spacial score (nSPS) is 26.4. The van der Waals surface area contributed by atoms with Crippen molar-refractivity contribution in [1.29, 1.82) is 0 Å². The van der Waals surface area contributed by atoms with Gasteiger partial charge < -0.3 is 19.1 Å². The molecular formula is C25H24ClN4O7PS. The van der Waals surface area contributed by atoms with E-state index in [4.69, 9.17) is 46.5 Å². The Balaban J connectivity index is 1.20. The Morgan fingerprint density at radius 3 is 2.85 bits per heavy atom. The molecular weight excluding hydrogens is 567 g/mol. The standard InChI is InChI=1S/C25H24ClN4O7PS/c1-14-6-8-15(9-7-14)10-11-33-23-19-22(28-25(32)29-23)30(13-27-19)24-20(31)21-18(35-24)12-34-38(39,37-21)36-17-5-3-2-4-16(17)26/h2-9,13,18,20-21,24,31H,10-12H2,1H3,(H,28,29,32)/t18-,20?,21?,24-,38?/m1/s1. The van der Waals surface area contributed by atoms with Gasteiger partial charge >= 0.3 is 12.4 Å². The van der Waals surface area contributed by atoms with Crippen LogP contribution >= 0.6 is 18.3 Å². The van der Waals surface area contributed by atoms with Crippen molar-refractivity contribution in [3.63, 3.8) is 0 Å². The van der Waals surface area contributed by atoms with Crippen LogP contribution in [0.3, 0.4) is 0 Å². The van der Waals surface area contributed by atoms with Gasteiger partial charge in [0.05, 0.1) is 24.6 Å². The number of aromatic nitrogens is 4. The van der Waals surface area contributed by atoms with E-state index in [1.54, 1.807) is 24.3 Å². The summed E-state index contributed by atoms with van der Waals surface area (Å²) in [5, 5.41) is 11.5. The number of halogens is 1. The zero-order valence-electron chi connectivity index (χ0n) is 20.6. The summed E-state index contributed by atoms with van der Waals surface area (Å²) in [4.78, 5) is 23.4. The molecule has 4 heterocycles. The van der Waals surface area contributed by atoms with Crippen LogP contribution in [-0.4, -0.2) is 56.2 Å². The van der Waals surface area contributed by atoms with E-state index >= 15 is 0 Å². The molecule has 0 aliphatic carbocycles. The van der Waals surface area contributed by atoms with Crippen LogP contribution in [0.4, 0.5) is 0 Å². The molecule has 0 amide bonds. The van der Waals surface area contributed by atoms with E-state index in [9.17, 15) is 9.90 Å². The van der Waals surface area contributed by atoms with Gasteiger partial charge in [-0.1, -0.05) is 53.6 Å². The highest BCUT2D eigenvalue weighted by atomic mass is 35.5. The highest BCUT2D eigenvalue weighted by molar-refractivity contribution is 8.07. The smallest absolute Gasteiger partial charge is 0.381 e. The molecule has 2 aromatic heterocycles. The molecule has 0 radical (unpaired) electrons. The van der Waals surface area contributed by atoms with Crippen LogP contribution in [0.15, 0.2) is 59.7 Å². The Kier molecular flexibility index (Phi) is 7.19. The summed E-state index contributed by atoms with van der Waals surface area (Å²) in [6.07, 6.45) is -1.52. The molecule has 4 aromatic rings. The molecule has 14 heteroatoms. The van der Waals surface area contributed by atoms with E-state index in [1.807, 2.05) is 31.2 Å². The number of imidazole rings is 1. The highest BCUT2D eigenvalue weighted by Crippen LogP contribution is 2.57. The molecule has 5 atom stereocenters. The van der Waals surface area contributed by atoms with Crippen LogP contribution in [0.2, 0.25) is 5.02 Å². The molecule has 0 bridgehead atoms. The van der Waals surface area contributed by atoms with Gasteiger partial charge in [-0.25, -0.2) is 9.78 Å². The number of hydrogen-bond acceptors (Lipinski definition) is 10. The van der Waals surface area contributed by atoms with Crippen molar-refractivity contribution in [2.24, 2.45) is 0 Å². The van der Waals surface area contributed by atoms with Crippen molar-refractivity contribution in [3.05, 3.63) is 81.5 Å². The topological polar surface area (TPSA) is 130 Å². The second-order valence-corrected chi connectivity index (χ2v) is 12.5. The minimum Gasteiger partial charge on any atom is -0.476 e. The number of hydrogen-bond donors (Lipinski definition) is 2. The lowest BCUT2D eigenvalue weighted by Gasteiger charge is -2.33. The van der Waals surface area contributed by atoms with Gasteiger partial charge in [0.25, 0.3) is 0 Å². The summed E-state index contributed by atoms with van der Waals surface area (Å²) >= 11 is 11.7. The summed E-state index contributed by atoms with van der Waals surface area (Å²) in [7, 11) is 0. The fourth-order valence-corrected chi connectivity index (χ4v) is 6.87. The van der Waals surface area contributed by atoms with Crippen LogP contribution in [-0.2, 0) is 32.0 Å². The molecule has 0 spiro atoms. The van der Waals surface area contributed by atoms with E-state index in [0.29, 0.717) is 29.3 Å². The SMILES string of the molecule is Cc1ccc(CCOc2nc(=O)[nH]c3c2ncn3[C@@H]2O[C@@H]3COP(=S)(Oc4ccccc4Cl)OC3C2O)cc1. The van der Waals surface area contributed by atoms with Crippen LogP contribution in [0.5, 0.6) is 11.6 Å². The zero-order valence-corrected chi connectivity index (χ0v) is 23.1. The summed E-state index contributed by atoms with van der Waals surface area (Å²) < 4.78 is 30.9. The lowest BCUT2D eigenvalue weighted by molar-refractivity contribution is -0.0585. The number of nitrogens with zero attached hydrogens (tertiary/aromatic N) is 3. The molecule has 3 unspecified atom stereocenters. The van der Waals surface area contributed by atoms with Gasteiger partial charge in [0.15, 0.2) is 11.7 Å². The van der Waals surface area contributed by atoms with Crippen molar-refractivity contribution in [3.8, 4) is 11.6 Å². The number of nitrogens with one attached hydrogen (secondary N) is 1. The first-order chi connectivity index (χ1) is 18.8. The second kappa shape index (κ2) is 10.6. The first-order valence-electron chi connectivity index (χ1n) is 12.2. The van der Waals surface area contributed by atoms with Gasteiger partial charge in [-0.15, -0.1) is 0 Å². The number of aliphatic hydroxyl groups is 1.